The summed E-state index contributed by atoms with van der Waals surface area (Å²) in [5.41, 5.74) is 4.63. The molecule has 1 N–H and O–H groups in total. The van der Waals surface area contributed by atoms with Gasteiger partial charge in [0.25, 0.3) is 11.7 Å². The van der Waals surface area contributed by atoms with Gasteiger partial charge in [-0.25, -0.2) is 0 Å². The third-order valence-corrected chi connectivity index (χ3v) is 5.75. The van der Waals surface area contributed by atoms with Gasteiger partial charge in [0.2, 0.25) is 0 Å². The predicted molar refractivity (Wildman–Crippen MR) is 120 cm³/mol. The molecule has 0 aliphatic carbocycles. The highest BCUT2D eigenvalue weighted by Crippen LogP contribution is 2.40. The highest BCUT2D eigenvalue weighted by molar-refractivity contribution is 6.46. The SMILES string of the molecule is CCCN1C(=O)C(=O)/C(=C(/O)c2cc(C)ccc2C)C1c1ccc(C(C)(C)C)cc1. The molecule has 2 aromatic carbocycles. The third kappa shape index (κ3) is 3.91. The van der Waals surface area contributed by atoms with Crippen LogP contribution in [0.2, 0.25) is 0 Å². The van der Waals surface area contributed by atoms with Crippen LogP contribution in [0.25, 0.3) is 5.76 Å². The highest BCUT2D eigenvalue weighted by atomic mass is 16.3. The second kappa shape index (κ2) is 8.10. The van der Waals surface area contributed by atoms with Crippen LogP contribution in [0.5, 0.6) is 0 Å². The quantitative estimate of drug-likeness (QED) is 0.419. The lowest BCUT2D eigenvalue weighted by Crippen LogP contribution is -2.30. The van der Waals surface area contributed by atoms with Crippen LogP contribution in [0.15, 0.2) is 48.0 Å². The van der Waals surface area contributed by atoms with Crippen LogP contribution in [0.4, 0.5) is 0 Å². The first-order valence-corrected chi connectivity index (χ1v) is 10.5. The van der Waals surface area contributed by atoms with Crippen molar-refractivity contribution in [3.8, 4) is 0 Å². The van der Waals surface area contributed by atoms with Crippen molar-refractivity contribution in [2.45, 2.75) is 59.4 Å². The van der Waals surface area contributed by atoms with E-state index in [0.29, 0.717) is 12.1 Å². The van der Waals surface area contributed by atoms with Gasteiger partial charge >= 0.3 is 0 Å². The Morgan fingerprint density at radius 3 is 2.23 bits per heavy atom. The van der Waals surface area contributed by atoms with Gasteiger partial charge in [0.1, 0.15) is 5.76 Å². The van der Waals surface area contributed by atoms with Gasteiger partial charge in [-0.1, -0.05) is 69.7 Å². The van der Waals surface area contributed by atoms with Crippen LogP contribution >= 0.6 is 0 Å². The van der Waals surface area contributed by atoms with Gasteiger partial charge in [-0.15, -0.1) is 0 Å². The van der Waals surface area contributed by atoms with E-state index in [4.69, 9.17) is 0 Å². The number of nitrogens with zero attached hydrogens (tertiary/aromatic N) is 1. The number of aliphatic hydroxyl groups excluding tert-OH is 1. The van der Waals surface area contributed by atoms with Crippen LogP contribution in [0, 0.1) is 13.8 Å². The Kier molecular flexibility index (Phi) is 5.89. The number of likely N-dealkylation sites (tertiary alicyclic amines) is 1. The molecule has 1 amide bonds. The molecule has 1 aliphatic heterocycles. The van der Waals surface area contributed by atoms with Crippen LogP contribution in [0.1, 0.15) is 68.0 Å². The van der Waals surface area contributed by atoms with Gasteiger partial charge in [-0.05, 0) is 48.4 Å². The van der Waals surface area contributed by atoms with Gasteiger partial charge in [-0.3, -0.25) is 9.59 Å². The van der Waals surface area contributed by atoms with Crippen LogP contribution in [0.3, 0.4) is 0 Å². The molecular weight excluding hydrogens is 374 g/mol. The van der Waals surface area contributed by atoms with Crippen molar-refractivity contribution in [2.75, 3.05) is 6.54 Å². The van der Waals surface area contributed by atoms with Gasteiger partial charge in [0.15, 0.2) is 0 Å². The normalized spacial score (nSPS) is 18.9. The number of hydrogen-bond acceptors (Lipinski definition) is 3. The van der Waals surface area contributed by atoms with Crippen molar-refractivity contribution >= 4 is 17.4 Å². The molecule has 1 saturated heterocycles. The number of carbonyl (C=O) groups is 2. The van der Waals surface area contributed by atoms with E-state index < -0.39 is 17.7 Å². The number of Topliss-reactive ketones (excluding diaryl/α,β-unsaturated/α-hetero) is 1. The number of ketones is 1. The molecule has 0 aromatic heterocycles. The number of benzene rings is 2. The minimum absolute atomic E-state index is 0.00242. The number of aliphatic hydroxyl groups is 1. The van der Waals surface area contributed by atoms with E-state index in [1.54, 1.807) is 4.90 Å². The summed E-state index contributed by atoms with van der Waals surface area (Å²) in [5.74, 6) is -1.27. The maximum atomic E-state index is 13.0. The second-order valence-corrected chi connectivity index (χ2v) is 9.18. The summed E-state index contributed by atoms with van der Waals surface area (Å²) < 4.78 is 0. The first-order chi connectivity index (χ1) is 14.1. The first kappa shape index (κ1) is 21.8. The zero-order valence-corrected chi connectivity index (χ0v) is 18.7. The van der Waals surface area contributed by atoms with Gasteiger partial charge in [0, 0.05) is 12.1 Å². The molecule has 4 nitrogen and oxygen atoms in total. The maximum Gasteiger partial charge on any atom is 0.295 e. The van der Waals surface area contributed by atoms with E-state index in [0.717, 1.165) is 23.1 Å². The number of rotatable bonds is 4. The standard InChI is InChI=1S/C26H31NO3/c1-7-14-27-22(18-10-12-19(13-11-18)26(4,5)6)21(24(29)25(27)30)23(28)20-15-16(2)8-9-17(20)3/h8-13,15,22,28H,7,14H2,1-6H3/b23-21+. The molecule has 0 bridgehead atoms. The van der Waals surface area contributed by atoms with Crippen molar-refractivity contribution in [1.82, 2.24) is 4.90 Å². The Morgan fingerprint density at radius 2 is 1.67 bits per heavy atom. The highest BCUT2D eigenvalue weighted by Gasteiger charge is 2.45. The van der Waals surface area contributed by atoms with Crippen LogP contribution in [-0.4, -0.2) is 28.2 Å². The second-order valence-electron chi connectivity index (χ2n) is 9.18. The molecule has 0 saturated carbocycles. The number of hydrogen-bond donors (Lipinski definition) is 1. The van der Waals surface area contributed by atoms with Gasteiger partial charge < -0.3 is 10.0 Å². The van der Waals surface area contributed by atoms with Crippen molar-refractivity contribution in [3.63, 3.8) is 0 Å². The molecule has 1 heterocycles. The summed E-state index contributed by atoms with van der Waals surface area (Å²) in [5, 5.41) is 11.2. The van der Waals surface area contributed by atoms with Crippen molar-refractivity contribution < 1.29 is 14.7 Å². The Balaban J connectivity index is 2.20. The van der Waals surface area contributed by atoms with Crippen molar-refractivity contribution in [2.24, 2.45) is 0 Å². The molecule has 3 rings (SSSR count). The summed E-state index contributed by atoms with van der Waals surface area (Å²) in [6.07, 6.45) is 0.729. The maximum absolute atomic E-state index is 13.0. The fourth-order valence-electron chi connectivity index (χ4n) is 4.00. The molecule has 1 fully saturated rings. The van der Waals surface area contributed by atoms with E-state index >= 15 is 0 Å². The fraction of sp³-hybridized carbons (Fsp3) is 0.385. The smallest absolute Gasteiger partial charge is 0.295 e. The van der Waals surface area contributed by atoms with E-state index in [2.05, 4.69) is 20.8 Å². The van der Waals surface area contributed by atoms with Crippen molar-refractivity contribution in [1.29, 1.82) is 0 Å². The molecule has 2 aromatic rings. The number of carbonyl (C=O) groups excluding carboxylic acids is 2. The van der Waals surface area contributed by atoms with E-state index in [1.807, 2.05) is 63.2 Å². The molecule has 0 spiro atoms. The molecule has 158 valence electrons. The molecule has 30 heavy (non-hydrogen) atoms. The Bertz CT molecular complexity index is 1010. The third-order valence-electron chi connectivity index (χ3n) is 5.75. The summed E-state index contributed by atoms with van der Waals surface area (Å²) >= 11 is 0. The topological polar surface area (TPSA) is 57.6 Å². The zero-order valence-electron chi connectivity index (χ0n) is 18.7. The molecule has 1 unspecified atom stereocenters. The fourth-order valence-corrected chi connectivity index (χ4v) is 4.00. The lowest BCUT2D eigenvalue weighted by molar-refractivity contribution is -0.139. The molecule has 1 aliphatic rings. The van der Waals surface area contributed by atoms with Crippen LogP contribution < -0.4 is 0 Å². The molecule has 1 atom stereocenters. The summed E-state index contributed by atoms with van der Waals surface area (Å²) in [4.78, 5) is 27.4. The average Bonchev–Trinajstić information content (AvgIpc) is 2.94. The van der Waals surface area contributed by atoms with Crippen LogP contribution in [-0.2, 0) is 15.0 Å². The largest absolute Gasteiger partial charge is 0.507 e. The lowest BCUT2D eigenvalue weighted by Gasteiger charge is -2.26. The summed E-state index contributed by atoms with van der Waals surface area (Å²) in [7, 11) is 0. The lowest BCUT2D eigenvalue weighted by atomic mass is 9.85. The number of aryl methyl sites for hydroxylation is 2. The zero-order chi connectivity index (χ0) is 22.2. The van der Waals surface area contributed by atoms with Gasteiger partial charge in [0.05, 0.1) is 11.6 Å². The Hall–Kier alpha value is -2.88. The Morgan fingerprint density at radius 1 is 1.03 bits per heavy atom. The van der Waals surface area contributed by atoms with Gasteiger partial charge in [-0.2, -0.15) is 0 Å². The molecule has 4 heteroatoms. The summed E-state index contributed by atoms with van der Waals surface area (Å²) in [6, 6.07) is 13.2. The minimum atomic E-state index is -0.619. The molecular formula is C26H31NO3. The average molecular weight is 406 g/mol. The van der Waals surface area contributed by atoms with E-state index in [1.165, 1.54) is 5.56 Å². The van der Waals surface area contributed by atoms with Crippen molar-refractivity contribution in [3.05, 3.63) is 75.9 Å². The van der Waals surface area contributed by atoms with E-state index in [9.17, 15) is 14.7 Å². The Labute approximate surface area is 179 Å². The monoisotopic (exact) mass is 405 g/mol. The van der Waals surface area contributed by atoms with E-state index in [-0.39, 0.29) is 16.7 Å². The predicted octanol–water partition coefficient (Wildman–Crippen LogP) is 5.43. The number of amides is 1. The summed E-state index contributed by atoms with van der Waals surface area (Å²) in [6.45, 7) is 12.7. The first-order valence-electron chi connectivity index (χ1n) is 10.5. The minimum Gasteiger partial charge on any atom is -0.507 e. The molecule has 0 radical (unpaired) electrons.